The molecule has 2 atom stereocenters. The first-order valence-corrected chi connectivity index (χ1v) is 7.29. The number of carbonyl (C=O) groups is 2. The Hall–Kier alpha value is 0.490. The number of hydrogen-bond acceptors (Lipinski definition) is 6. The molecule has 0 aliphatic rings. The molecule has 1 unspecified atom stereocenters. The number of aldehydes is 1. The van der Waals surface area contributed by atoms with E-state index in [0.29, 0.717) is 11.5 Å². The first-order valence-electron chi connectivity index (χ1n) is 3.72. The summed E-state index contributed by atoms with van der Waals surface area (Å²) < 4.78 is 2.81. The highest BCUT2D eigenvalue weighted by atomic mass is 127. The highest BCUT2D eigenvalue weighted by Gasteiger charge is 2.10. The number of nitrogens with two attached hydrogens (primary N) is 2. The van der Waals surface area contributed by atoms with E-state index in [2.05, 4.69) is 3.53 Å². The van der Waals surface area contributed by atoms with Gasteiger partial charge in [-0.25, -0.2) is 3.53 Å². The quantitative estimate of drug-likeness (QED) is 0.183. The Morgan fingerprint density at radius 1 is 1.50 bits per heavy atom. The minimum absolute atomic E-state index is 0.169. The van der Waals surface area contributed by atoms with Gasteiger partial charge in [-0.2, -0.15) is 0 Å². The minimum Gasteiger partial charge on any atom is -0.368 e. The molecule has 82 valence electrons. The predicted octanol–water partition coefficient (Wildman–Crippen LogP) is -0.313. The zero-order chi connectivity index (χ0) is 11.0. The van der Waals surface area contributed by atoms with Crippen molar-refractivity contribution >= 4 is 56.6 Å². The van der Waals surface area contributed by atoms with E-state index in [1.807, 2.05) is 22.9 Å². The predicted molar refractivity (Wildman–Crippen MR) is 69.1 cm³/mol. The fraction of sp³-hybridized carbons (Fsp3) is 0.667. The topological polar surface area (TPSA) is 98.2 Å². The van der Waals surface area contributed by atoms with Gasteiger partial charge in [0.2, 0.25) is 5.91 Å². The van der Waals surface area contributed by atoms with Crippen LogP contribution in [0.4, 0.5) is 0 Å². The van der Waals surface area contributed by atoms with Crippen molar-refractivity contribution < 1.29 is 9.59 Å². The van der Waals surface area contributed by atoms with E-state index >= 15 is 0 Å². The smallest absolute Gasteiger partial charge is 0.235 e. The van der Waals surface area contributed by atoms with E-state index < -0.39 is 11.9 Å². The first-order chi connectivity index (χ1) is 6.61. The summed E-state index contributed by atoms with van der Waals surface area (Å²) in [5.41, 5.74) is 10.4. The van der Waals surface area contributed by atoms with Gasteiger partial charge in [-0.1, -0.05) is 21.6 Å². The number of rotatable bonds is 8. The van der Waals surface area contributed by atoms with Crippen LogP contribution in [0.5, 0.6) is 0 Å². The van der Waals surface area contributed by atoms with Crippen molar-refractivity contribution in [1.29, 1.82) is 0 Å². The Balaban J connectivity index is 3.45. The Bertz CT molecular complexity index is 192. The molecule has 0 aliphatic carbocycles. The molecule has 0 saturated heterocycles. The molecule has 0 heterocycles. The van der Waals surface area contributed by atoms with Gasteiger partial charge in [-0.15, -0.1) is 0 Å². The van der Waals surface area contributed by atoms with E-state index in [4.69, 9.17) is 11.5 Å². The van der Waals surface area contributed by atoms with Crippen LogP contribution in [0.2, 0.25) is 0 Å². The molecule has 0 aliphatic heterocycles. The van der Waals surface area contributed by atoms with Crippen LogP contribution in [0.1, 0.15) is 0 Å². The van der Waals surface area contributed by atoms with Crippen LogP contribution in [0.3, 0.4) is 0 Å². The van der Waals surface area contributed by atoms with Crippen molar-refractivity contribution in [1.82, 2.24) is 3.53 Å². The molecule has 0 fully saturated rings. The lowest BCUT2D eigenvalue weighted by molar-refractivity contribution is -0.118. The van der Waals surface area contributed by atoms with E-state index in [1.54, 1.807) is 0 Å². The normalized spacial score (nSPS) is 14.7. The standard InChI is InChI=1S/C6H12IN3O2S2/c7-10-4(1-11)2-13-14-3-5(8)6(9)12/h1,4-5,10H,2-3,8H2,(H2,9,12)/t4?,5-/m0/s1. The van der Waals surface area contributed by atoms with Crippen molar-refractivity contribution in [2.24, 2.45) is 11.5 Å². The molecule has 0 aromatic rings. The summed E-state index contributed by atoms with van der Waals surface area (Å²) in [6, 6.07) is -0.785. The average molecular weight is 349 g/mol. The van der Waals surface area contributed by atoms with Crippen LogP contribution in [0.15, 0.2) is 0 Å². The number of hydrogen-bond donors (Lipinski definition) is 3. The maximum atomic E-state index is 10.5. The molecule has 0 aromatic heterocycles. The molecule has 0 spiro atoms. The molecule has 1 amide bonds. The van der Waals surface area contributed by atoms with Crippen molar-refractivity contribution in [3.63, 3.8) is 0 Å². The molecule has 8 heteroatoms. The van der Waals surface area contributed by atoms with Gasteiger partial charge in [-0.3, -0.25) is 4.79 Å². The molecule has 0 saturated carbocycles. The van der Waals surface area contributed by atoms with Gasteiger partial charge >= 0.3 is 0 Å². The van der Waals surface area contributed by atoms with Crippen LogP contribution in [0, 0.1) is 0 Å². The summed E-state index contributed by atoms with van der Waals surface area (Å²) in [5.74, 6) is 0.604. The zero-order valence-corrected chi connectivity index (χ0v) is 11.1. The number of halogens is 1. The van der Waals surface area contributed by atoms with Crippen molar-refractivity contribution in [2.45, 2.75) is 12.1 Å². The van der Waals surface area contributed by atoms with Gasteiger partial charge in [0.1, 0.15) is 6.29 Å². The van der Waals surface area contributed by atoms with Gasteiger partial charge in [0.15, 0.2) is 0 Å². The third-order valence-corrected chi connectivity index (χ3v) is 4.52. The Morgan fingerprint density at radius 2 is 2.07 bits per heavy atom. The van der Waals surface area contributed by atoms with Crippen LogP contribution in [0.25, 0.3) is 0 Å². The third-order valence-electron chi connectivity index (χ3n) is 1.25. The molecule has 14 heavy (non-hydrogen) atoms. The van der Waals surface area contributed by atoms with Crippen LogP contribution in [-0.2, 0) is 9.59 Å². The van der Waals surface area contributed by atoms with Gasteiger partial charge < -0.3 is 16.3 Å². The van der Waals surface area contributed by atoms with E-state index in [0.717, 1.165) is 6.29 Å². The van der Waals surface area contributed by atoms with Crippen LogP contribution < -0.4 is 15.0 Å². The maximum Gasteiger partial charge on any atom is 0.235 e. The van der Waals surface area contributed by atoms with Gasteiger partial charge in [0.05, 0.1) is 12.1 Å². The summed E-state index contributed by atoms with van der Waals surface area (Å²) in [7, 11) is 2.92. The summed E-state index contributed by atoms with van der Waals surface area (Å²) >= 11 is 1.92. The molecular formula is C6H12IN3O2S2. The van der Waals surface area contributed by atoms with Gasteiger partial charge in [0, 0.05) is 34.4 Å². The van der Waals surface area contributed by atoms with Crippen LogP contribution in [-0.4, -0.2) is 35.8 Å². The summed E-state index contributed by atoms with van der Waals surface area (Å²) in [6.07, 6.45) is 0.841. The molecule has 0 radical (unpaired) electrons. The monoisotopic (exact) mass is 349 g/mol. The van der Waals surface area contributed by atoms with Crippen molar-refractivity contribution in [2.75, 3.05) is 11.5 Å². The molecule has 0 aromatic carbocycles. The molecule has 0 rings (SSSR count). The average Bonchev–Trinajstić information content (AvgIpc) is 2.17. The molecular weight excluding hydrogens is 337 g/mol. The summed E-state index contributed by atoms with van der Waals surface area (Å²) in [6.45, 7) is 0. The Morgan fingerprint density at radius 3 is 2.50 bits per heavy atom. The van der Waals surface area contributed by atoms with Crippen molar-refractivity contribution in [3.05, 3.63) is 0 Å². The maximum absolute atomic E-state index is 10.5. The second kappa shape index (κ2) is 8.77. The van der Waals surface area contributed by atoms with E-state index in [1.165, 1.54) is 21.6 Å². The van der Waals surface area contributed by atoms with E-state index in [9.17, 15) is 9.59 Å². The molecule has 5 nitrogen and oxygen atoms in total. The Kier molecular flexibility index (Phi) is 9.08. The molecule has 0 bridgehead atoms. The lowest BCUT2D eigenvalue weighted by atomic mass is 10.4. The van der Waals surface area contributed by atoms with Crippen LogP contribution >= 0.6 is 44.5 Å². The summed E-state index contributed by atoms with van der Waals surface area (Å²) in [5, 5.41) is 0. The minimum atomic E-state index is -0.616. The van der Waals surface area contributed by atoms with E-state index in [-0.39, 0.29) is 6.04 Å². The molecule has 5 N–H and O–H groups in total. The van der Waals surface area contributed by atoms with Gasteiger partial charge in [0.25, 0.3) is 0 Å². The first kappa shape index (κ1) is 14.5. The lowest BCUT2D eigenvalue weighted by Crippen LogP contribution is -2.38. The van der Waals surface area contributed by atoms with Gasteiger partial charge in [-0.05, 0) is 0 Å². The largest absolute Gasteiger partial charge is 0.368 e. The fourth-order valence-corrected chi connectivity index (χ4v) is 3.36. The second-order valence-electron chi connectivity index (χ2n) is 2.43. The fourth-order valence-electron chi connectivity index (χ4n) is 0.421. The van der Waals surface area contributed by atoms with Crippen molar-refractivity contribution in [3.8, 4) is 0 Å². The second-order valence-corrected chi connectivity index (χ2v) is 5.60. The Labute approximate surface area is 104 Å². The number of amides is 1. The third kappa shape index (κ3) is 6.87. The number of nitrogens with one attached hydrogen (secondary N) is 1. The SMILES string of the molecule is NC(=O)[C@@H](N)CSSCC(C=O)NI. The highest BCUT2D eigenvalue weighted by Crippen LogP contribution is 2.22. The highest BCUT2D eigenvalue weighted by molar-refractivity contribution is 14.1. The lowest BCUT2D eigenvalue weighted by Gasteiger charge is -2.08. The number of primary amides is 1. The number of carbonyl (C=O) groups excluding carboxylic acids is 2. The zero-order valence-electron chi connectivity index (χ0n) is 7.31. The summed E-state index contributed by atoms with van der Waals surface area (Å²) in [4.78, 5) is 20.9.